The molecule has 0 saturated heterocycles. The van der Waals surface area contributed by atoms with E-state index in [1.807, 2.05) is 12.1 Å². The molecule has 0 aliphatic carbocycles. The fourth-order valence-electron chi connectivity index (χ4n) is 5.27. The van der Waals surface area contributed by atoms with Gasteiger partial charge in [-0.15, -0.1) is 0 Å². The van der Waals surface area contributed by atoms with Gasteiger partial charge in [0.25, 0.3) is 0 Å². The first-order valence-electron chi connectivity index (χ1n) is 14.2. The van der Waals surface area contributed by atoms with Crippen LogP contribution in [0.5, 0.6) is 0 Å². The predicted molar refractivity (Wildman–Crippen MR) is 181 cm³/mol. The Kier molecular flexibility index (Phi) is 10.2. The van der Waals surface area contributed by atoms with E-state index in [0.717, 1.165) is 16.7 Å². The molecule has 0 heterocycles. The highest BCUT2D eigenvalue weighted by Gasteiger charge is 2.46. The number of hydrogen-bond acceptors (Lipinski definition) is 0. The highest BCUT2D eigenvalue weighted by molar-refractivity contribution is 7.95. The highest BCUT2D eigenvalue weighted by Crippen LogP contribution is 2.59. The van der Waals surface area contributed by atoms with Crippen LogP contribution in [-0.4, -0.2) is 0 Å². The minimum Gasteiger partial charge on any atom is -1.00 e. The van der Waals surface area contributed by atoms with Gasteiger partial charge >= 0.3 is 0 Å². The Labute approximate surface area is 265 Å². The zero-order valence-corrected chi connectivity index (χ0v) is 29.1. The van der Waals surface area contributed by atoms with Crippen LogP contribution in [0.2, 0.25) is 10.0 Å². The first-order chi connectivity index (χ1) is 18.5. The van der Waals surface area contributed by atoms with Gasteiger partial charge in [-0.1, -0.05) is 128 Å². The van der Waals surface area contributed by atoms with Crippen LogP contribution < -0.4 is 28.3 Å². The van der Waals surface area contributed by atoms with Gasteiger partial charge in [0, 0.05) is 15.6 Å². The van der Waals surface area contributed by atoms with Crippen molar-refractivity contribution >= 4 is 46.4 Å². The normalized spacial score (nSPS) is 12.7. The molecule has 0 aliphatic rings. The van der Waals surface area contributed by atoms with Crippen molar-refractivity contribution in [3.63, 3.8) is 0 Å². The Morgan fingerprint density at radius 3 is 1.07 bits per heavy atom. The van der Waals surface area contributed by atoms with Gasteiger partial charge < -0.3 is 12.4 Å². The second kappa shape index (κ2) is 12.4. The van der Waals surface area contributed by atoms with Gasteiger partial charge in [-0.3, -0.25) is 0 Å². The third-order valence-corrected chi connectivity index (χ3v) is 12.9. The van der Waals surface area contributed by atoms with Crippen LogP contribution in [0.25, 0.3) is 0 Å². The average molecular weight is 626 g/mol. The first-order valence-corrected chi connectivity index (χ1v) is 16.9. The van der Waals surface area contributed by atoms with E-state index in [4.69, 9.17) is 23.2 Å². The second-order valence-electron chi connectivity index (χ2n) is 14.1. The maximum atomic E-state index is 6.89. The maximum Gasteiger partial charge on any atom is 0.116 e. The molecule has 218 valence electrons. The van der Waals surface area contributed by atoms with Gasteiger partial charge in [0.2, 0.25) is 0 Å². The third-order valence-electron chi connectivity index (χ3n) is 7.94. The minimum atomic E-state index is -2.16. The Hall–Kier alpha value is -1.82. The number of benzene rings is 4. The molecule has 0 aliphatic heterocycles. The molecule has 4 rings (SSSR count). The van der Waals surface area contributed by atoms with Crippen molar-refractivity contribution in [1.29, 1.82) is 0 Å². The fraction of sp³-hybridized carbons (Fsp3) is 0.351. The Bertz CT molecular complexity index is 1310. The molecule has 4 aromatic rings. The Balaban J connectivity index is 0.00000462. The summed E-state index contributed by atoms with van der Waals surface area (Å²) in [5, 5.41) is 5.47. The van der Waals surface area contributed by atoms with Gasteiger partial charge in [0.05, 0.1) is 6.16 Å². The molecule has 4 heteroatoms. The van der Waals surface area contributed by atoms with Crippen molar-refractivity contribution in [3.8, 4) is 0 Å². The van der Waals surface area contributed by atoms with Gasteiger partial charge in [-0.2, -0.15) is 0 Å². The second-order valence-corrected chi connectivity index (χ2v) is 18.4. The summed E-state index contributed by atoms with van der Waals surface area (Å²) in [6.45, 7) is 20.4. The van der Waals surface area contributed by atoms with E-state index in [-0.39, 0.29) is 28.7 Å². The molecule has 4 aromatic carbocycles. The predicted octanol–water partition coefficient (Wildman–Crippen LogP) is 7.38. The van der Waals surface area contributed by atoms with Crippen LogP contribution in [0.4, 0.5) is 0 Å². The molecule has 0 saturated carbocycles. The molecular weight excluding hydrogens is 582 g/mol. The number of halogens is 3. The number of hydrogen-bond donors (Lipinski definition) is 0. The first kappa shape index (κ1) is 33.7. The Morgan fingerprint density at radius 2 is 0.805 bits per heavy atom. The van der Waals surface area contributed by atoms with Crippen LogP contribution >= 0.6 is 30.5 Å². The van der Waals surface area contributed by atoms with Gasteiger partial charge in [-0.05, 0) is 81.5 Å². The summed E-state index contributed by atoms with van der Waals surface area (Å²) in [5.41, 5.74) is 5.39. The monoisotopic (exact) mass is 624 g/mol. The molecule has 0 amide bonds. The topological polar surface area (TPSA) is 0 Å². The molecule has 0 spiro atoms. The van der Waals surface area contributed by atoms with Crippen LogP contribution in [0, 0.1) is 0 Å². The summed E-state index contributed by atoms with van der Waals surface area (Å²) in [4.78, 5) is 0. The molecule has 0 fully saturated rings. The number of rotatable bonds is 5. The Morgan fingerprint density at radius 1 is 0.488 bits per heavy atom. The zero-order chi connectivity index (χ0) is 29.5. The van der Waals surface area contributed by atoms with E-state index < -0.39 is 7.26 Å². The fourth-order valence-corrected chi connectivity index (χ4v) is 10.0. The molecular formula is C37H44Cl3P. The minimum absolute atomic E-state index is 0. The lowest BCUT2D eigenvalue weighted by molar-refractivity contribution is -0.00000919. The van der Waals surface area contributed by atoms with E-state index in [2.05, 4.69) is 141 Å². The lowest BCUT2D eigenvalue weighted by Gasteiger charge is -2.30. The molecule has 0 N–H and O–H groups in total. The maximum absolute atomic E-state index is 6.89. The van der Waals surface area contributed by atoms with Crippen LogP contribution in [0.1, 0.15) is 84.6 Å². The molecule has 0 atom stereocenters. The average Bonchev–Trinajstić information content (AvgIpc) is 2.87. The molecule has 0 radical (unpaired) electrons. The molecule has 0 unspecified atom stereocenters. The van der Waals surface area contributed by atoms with E-state index in [1.54, 1.807) is 0 Å². The summed E-state index contributed by atoms with van der Waals surface area (Å²) in [7, 11) is -2.16. The SMILES string of the molecule is CC(C)(C)c1ccc([P+](Cc2ccc(Cl)cc2Cl)(c2ccc(C(C)(C)C)cc2)c2ccc(C(C)(C)C)cc2)cc1.[Cl-]. The van der Waals surface area contributed by atoms with Gasteiger partial charge in [0.1, 0.15) is 23.2 Å². The van der Waals surface area contributed by atoms with E-state index in [9.17, 15) is 0 Å². The van der Waals surface area contributed by atoms with E-state index in [0.29, 0.717) is 5.02 Å². The summed E-state index contributed by atoms with van der Waals surface area (Å²) in [6, 6.07) is 34.1. The van der Waals surface area contributed by atoms with Crippen molar-refractivity contribution in [2.75, 3.05) is 0 Å². The van der Waals surface area contributed by atoms with Gasteiger partial charge in [-0.25, -0.2) is 0 Å². The van der Waals surface area contributed by atoms with Crippen molar-refractivity contribution in [2.24, 2.45) is 0 Å². The molecule has 0 bridgehead atoms. The van der Waals surface area contributed by atoms with Crippen LogP contribution in [0.3, 0.4) is 0 Å². The van der Waals surface area contributed by atoms with E-state index >= 15 is 0 Å². The largest absolute Gasteiger partial charge is 1.00 e. The van der Waals surface area contributed by atoms with E-state index in [1.165, 1.54) is 32.6 Å². The van der Waals surface area contributed by atoms with Gasteiger partial charge in [0.15, 0.2) is 0 Å². The van der Waals surface area contributed by atoms with Crippen molar-refractivity contribution in [3.05, 3.63) is 123 Å². The summed E-state index contributed by atoms with van der Waals surface area (Å²) < 4.78 is 0. The zero-order valence-electron chi connectivity index (χ0n) is 25.9. The van der Waals surface area contributed by atoms with Crippen molar-refractivity contribution in [1.82, 2.24) is 0 Å². The smallest absolute Gasteiger partial charge is 0.116 e. The third kappa shape index (κ3) is 7.40. The highest BCUT2D eigenvalue weighted by atomic mass is 35.5. The lowest BCUT2D eigenvalue weighted by atomic mass is 9.87. The summed E-state index contributed by atoms with van der Waals surface area (Å²) in [6.07, 6.45) is 0.821. The van der Waals surface area contributed by atoms with Crippen molar-refractivity contribution < 1.29 is 12.4 Å². The van der Waals surface area contributed by atoms with Crippen LogP contribution in [0.15, 0.2) is 91.0 Å². The molecule has 41 heavy (non-hydrogen) atoms. The standard InChI is InChI=1S/C37H44Cl2P.ClH/c1-35(2,3)27-11-18-31(19-12-27)40(25-26-10-17-30(38)24-34(26)39,32-20-13-28(14-21-32)36(4,5)6)33-22-15-29(16-23-33)37(7,8)9;/h10-24H,25H2,1-9H3;1H/q+1;/p-1. The van der Waals surface area contributed by atoms with Crippen molar-refractivity contribution in [2.45, 2.75) is 84.7 Å². The molecule has 0 aromatic heterocycles. The molecule has 0 nitrogen and oxygen atoms in total. The summed E-state index contributed by atoms with van der Waals surface area (Å²) in [5.74, 6) is 0. The lowest BCUT2D eigenvalue weighted by Crippen LogP contribution is -3.00. The van der Waals surface area contributed by atoms with Crippen LogP contribution in [-0.2, 0) is 22.4 Å². The summed E-state index contributed by atoms with van der Waals surface area (Å²) >= 11 is 13.2. The quantitative estimate of drug-likeness (QED) is 0.203.